The second-order valence-electron chi connectivity index (χ2n) is 7.45. The van der Waals surface area contributed by atoms with Crippen LogP contribution < -0.4 is 14.8 Å². The number of hydrogen-bond acceptors (Lipinski definition) is 6. The molecule has 0 saturated heterocycles. The summed E-state index contributed by atoms with van der Waals surface area (Å²) in [5.74, 6) is -0.0960. The molecule has 4 rings (SSSR count). The van der Waals surface area contributed by atoms with Crippen molar-refractivity contribution >= 4 is 33.4 Å². The standard InChI is InChI=1S/C25H24BrNO5/c1-5-31-24-17(26)11-14(12-18(24)30-4)20-19(25(29)32-6-2)13(3)27-22-15-9-7-8-10-16(15)23(28)21(20)22/h7-12,20,27H,5-6H2,1-4H3. The Hall–Kier alpha value is -3.06. The quantitative estimate of drug-likeness (QED) is 0.566. The molecule has 6 nitrogen and oxygen atoms in total. The molecular formula is C25H24BrNO5. The van der Waals surface area contributed by atoms with E-state index in [1.807, 2.05) is 50.2 Å². The molecule has 1 unspecified atom stereocenters. The zero-order valence-electron chi connectivity index (χ0n) is 18.4. The van der Waals surface area contributed by atoms with Crippen LogP contribution >= 0.6 is 15.9 Å². The molecule has 1 N–H and O–H groups in total. The number of dihydropyridines is 1. The largest absolute Gasteiger partial charge is 0.493 e. The fourth-order valence-corrected chi connectivity index (χ4v) is 4.91. The van der Waals surface area contributed by atoms with Gasteiger partial charge in [-0.3, -0.25) is 4.79 Å². The van der Waals surface area contributed by atoms with Gasteiger partial charge in [-0.25, -0.2) is 4.79 Å². The minimum absolute atomic E-state index is 0.105. The van der Waals surface area contributed by atoms with Crippen LogP contribution in [0.1, 0.15) is 48.2 Å². The van der Waals surface area contributed by atoms with Crippen molar-refractivity contribution in [1.29, 1.82) is 0 Å². The second kappa shape index (κ2) is 8.82. The first kappa shape index (κ1) is 22.1. The first-order valence-electron chi connectivity index (χ1n) is 10.5. The van der Waals surface area contributed by atoms with Crippen LogP contribution in [0.25, 0.3) is 5.70 Å². The van der Waals surface area contributed by atoms with E-state index in [-0.39, 0.29) is 12.4 Å². The summed E-state index contributed by atoms with van der Waals surface area (Å²) in [6, 6.07) is 11.2. The van der Waals surface area contributed by atoms with Crippen LogP contribution in [-0.4, -0.2) is 32.1 Å². The molecule has 1 aliphatic heterocycles. The summed E-state index contributed by atoms with van der Waals surface area (Å²) in [7, 11) is 1.56. The van der Waals surface area contributed by atoms with E-state index < -0.39 is 11.9 Å². The summed E-state index contributed by atoms with van der Waals surface area (Å²) in [6.07, 6.45) is 0. The van der Waals surface area contributed by atoms with E-state index >= 15 is 0 Å². The van der Waals surface area contributed by atoms with Crippen molar-refractivity contribution in [2.24, 2.45) is 0 Å². The number of ketones is 1. The van der Waals surface area contributed by atoms with Gasteiger partial charge in [-0.2, -0.15) is 0 Å². The minimum Gasteiger partial charge on any atom is -0.493 e. The van der Waals surface area contributed by atoms with Gasteiger partial charge in [0.2, 0.25) is 0 Å². The van der Waals surface area contributed by atoms with Gasteiger partial charge in [-0.1, -0.05) is 24.3 Å². The molecule has 2 aromatic rings. The van der Waals surface area contributed by atoms with E-state index in [2.05, 4.69) is 21.2 Å². The highest BCUT2D eigenvalue weighted by Gasteiger charge is 2.43. The molecule has 0 spiro atoms. The Morgan fingerprint density at radius 2 is 1.84 bits per heavy atom. The topological polar surface area (TPSA) is 73.9 Å². The van der Waals surface area contributed by atoms with Gasteiger partial charge in [0.05, 0.1) is 36.1 Å². The number of halogens is 1. The maximum absolute atomic E-state index is 13.5. The predicted octanol–water partition coefficient (Wildman–Crippen LogP) is 4.99. The van der Waals surface area contributed by atoms with Gasteiger partial charge in [0.1, 0.15) is 0 Å². The zero-order chi connectivity index (χ0) is 23.0. The number of hydrogen-bond donors (Lipinski definition) is 1. The first-order chi connectivity index (χ1) is 15.4. The van der Waals surface area contributed by atoms with Gasteiger partial charge in [-0.05, 0) is 54.4 Å². The van der Waals surface area contributed by atoms with Crippen molar-refractivity contribution in [3.8, 4) is 11.5 Å². The van der Waals surface area contributed by atoms with Crippen LogP contribution in [0.15, 0.2) is 57.7 Å². The van der Waals surface area contributed by atoms with Crippen LogP contribution in [0, 0.1) is 0 Å². The first-order valence-corrected chi connectivity index (χ1v) is 11.3. The number of Topliss-reactive ketones (excluding diaryl/α,β-unsaturated/α-hetero) is 1. The smallest absolute Gasteiger partial charge is 0.336 e. The summed E-state index contributed by atoms with van der Waals surface area (Å²) < 4.78 is 17.4. The molecular weight excluding hydrogens is 474 g/mol. The zero-order valence-corrected chi connectivity index (χ0v) is 20.0. The normalized spacial score (nSPS) is 17.0. The van der Waals surface area contributed by atoms with Crippen molar-refractivity contribution < 1.29 is 23.8 Å². The Morgan fingerprint density at radius 1 is 1.12 bits per heavy atom. The maximum Gasteiger partial charge on any atom is 0.336 e. The third kappa shape index (κ3) is 3.50. The van der Waals surface area contributed by atoms with E-state index in [9.17, 15) is 9.59 Å². The Labute approximate surface area is 195 Å². The summed E-state index contributed by atoms with van der Waals surface area (Å²) in [5, 5.41) is 3.30. The molecule has 1 atom stereocenters. The molecule has 7 heteroatoms. The fourth-order valence-electron chi connectivity index (χ4n) is 4.33. The molecule has 1 aliphatic carbocycles. The number of carbonyl (C=O) groups excluding carboxylic acids is 2. The average molecular weight is 498 g/mol. The number of allylic oxidation sites excluding steroid dienone is 2. The minimum atomic E-state index is -0.619. The highest BCUT2D eigenvalue weighted by molar-refractivity contribution is 9.10. The van der Waals surface area contributed by atoms with Gasteiger partial charge in [-0.15, -0.1) is 0 Å². The molecule has 32 heavy (non-hydrogen) atoms. The summed E-state index contributed by atoms with van der Waals surface area (Å²) in [6.45, 7) is 6.19. The SMILES string of the molecule is CCOC(=O)C1=C(C)NC2=C(C(=O)c3ccccc32)C1c1cc(Br)c(OCC)c(OC)c1. The molecule has 2 aromatic carbocycles. The van der Waals surface area contributed by atoms with E-state index in [0.717, 1.165) is 16.8 Å². The lowest BCUT2D eigenvalue weighted by Gasteiger charge is -2.29. The van der Waals surface area contributed by atoms with E-state index in [1.165, 1.54) is 0 Å². The fraction of sp³-hybridized carbons (Fsp3) is 0.280. The third-order valence-corrected chi connectivity index (χ3v) is 6.21. The highest BCUT2D eigenvalue weighted by Crippen LogP contribution is 2.49. The third-order valence-electron chi connectivity index (χ3n) is 5.62. The van der Waals surface area contributed by atoms with Crippen LogP contribution in [0.4, 0.5) is 0 Å². The lowest BCUT2D eigenvalue weighted by atomic mass is 9.79. The van der Waals surface area contributed by atoms with Gasteiger partial charge in [0.25, 0.3) is 0 Å². The number of rotatable bonds is 6. The molecule has 0 amide bonds. The number of methoxy groups -OCH3 is 1. The highest BCUT2D eigenvalue weighted by atomic mass is 79.9. The second-order valence-corrected chi connectivity index (χ2v) is 8.30. The van der Waals surface area contributed by atoms with E-state index in [1.54, 1.807) is 14.0 Å². The number of benzene rings is 2. The molecule has 2 aliphatic rings. The van der Waals surface area contributed by atoms with Crippen LogP contribution in [0.3, 0.4) is 0 Å². The summed E-state index contributed by atoms with van der Waals surface area (Å²) in [4.78, 5) is 26.6. The van der Waals surface area contributed by atoms with Crippen molar-refractivity contribution in [2.45, 2.75) is 26.7 Å². The van der Waals surface area contributed by atoms with Gasteiger partial charge in [0.15, 0.2) is 17.3 Å². The van der Waals surface area contributed by atoms with Crippen molar-refractivity contribution in [1.82, 2.24) is 5.32 Å². The lowest BCUT2D eigenvalue weighted by molar-refractivity contribution is -0.138. The molecule has 0 radical (unpaired) electrons. The molecule has 0 saturated carbocycles. The van der Waals surface area contributed by atoms with Gasteiger partial charge >= 0.3 is 5.97 Å². The molecule has 0 aromatic heterocycles. The average Bonchev–Trinajstić information content (AvgIpc) is 3.06. The van der Waals surface area contributed by atoms with Crippen LogP contribution in [0.2, 0.25) is 0 Å². The monoisotopic (exact) mass is 497 g/mol. The van der Waals surface area contributed by atoms with Crippen molar-refractivity contribution in [3.63, 3.8) is 0 Å². The number of nitrogens with one attached hydrogen (secondary N) is 1. The molecule has 166 valence electrons. The Bertz CT molecular complexity index is 1180. The molecule has 1 heterocycles. The number of fused-ring (bicyclic) bond motifs is 2. The van der Waals surface area contributed by atoms with Crippen LogP contribution in [0.5, 0.6) is 11.5 Å². The van der Waals surface area contributed by atoms with Crippen LogP contribution in [-0.2, 0) is 9.53 Å². The van der Waals surface area contributed by atoms with Crippen molar-refractivity contribution in [2.75, 3.05) is 20.3 Å². The number of esters is 1. The Kier molecular flexibility index (Phi) is 6.11. The van der Waals surface area contributed by atoms with Crippen molar-refractivity contribution in [3.05, 3.63) is 74.4 Å². The van der Waals surface area contributed by atoms with Gasteiger partial charge < -0.3 is 19.5 Å². The lowest BCUT2D eigenvalue weighted by Crippen LogP contribution is -2.29. The predicted molar refractivity (Wildman–Crippen MR) is 125 cm³/mol. The molecule has 0 bridgehead atoms. The Balaban J connectivity index is 1.95. The Morgan fingerprint density at radius 3 is 2.50 bits per heavy atom. The van der Waals surface area contributed by atoms with E-state index in [0.29, 0.717) is 45.0 Å². The maximum atomic E-state index is 13.5. The number of carbonyl (C=O) groups is 2. The van der Waals surface area contributed by atoms with E-state index in [4.69, 9.17) is 14.2 Å². The van der Waals surface area contributed by atoms with Gasteiger partial charge in [0, 0.05) is 28.3 Å². The molecule has 0 fully saturated rings. The summed E-state index contributed by atoms with van der Waals surface area (Å²) >= 11 is 3.57. The summed E-state index contributed by atoms with van der Waals surface area (Å²) in [5.41, 5.74) is 4.49. The number of ether oxygens (including phenoxy) is 3.